The van der Waals surface area contributed by atoms with Crippen LogP contribution >= 0.6 is 12.4 Å². The van der Waals surface area contributed by atoms with Crippen molar-refractivity contribution >= 4 is 30.0 Å². The van der Waals surface area contributed by atoms with Crippen LogP contribution in [0.5, 0.6) is 0 Å². The minimum Gasteiger partial charge on any atom is -0.465 e. The maximum Gasteiger partial charge on any atom is 0.325 e. The van der Waals surface area contributed by atoms with Crippen LogP contribution in [-0.2, 0) is 20.7 Å². The number of hydrogen-bond acceptors (Lipinski definition) is 5. The average molecular weight is 274 g/mol. The fourth-order valence-electron chi connectivity index (χ4n) is 1.15. The molecule has 0 aliphatic heterocycles. The zero-order valence-electron chi connectivity index (χ0n) is 10.0. The molecule has 1 rings (SSSR count). The molecule has 1 heterocycles. The first-order valence-electron chi connectivity index (χ1n) is 5.24. The van der Waals surface area contributed by atoms with Crippen LogP contribution in [0.1, 0.15) is 12.6 Å². The molecule has 0 fully saturated rings. The highest BCUT2D eigenvalue weighted by Gasteiger charge is 2.07. The lowest BCUT2D eigenvalue weighted by Crippen LogP contribution is -2.31. The molecule has 6 nitrogen and oxygen atoms in total. The van der Waals surface area contributed by atoms with Crippen molar-refractivity contribution in [2.45, 2.75) is 13.3 Å². The van der Waals surface area contributed by atoms with Gasteiger partial charge in [-0.05, 0) is 19.1 Å². The molecular weight excluding hydrogens is 258 g/mol. The smallest absolute Gasteiger partial charge is 0.325 e. The van der Waals surface area contributed by atoms with Gasteiger partial charge < -0.3 is 15.8 Å². The monoisotopic (exact) mass is 273 g/mol. The van der Waals surface area contributed by atoms with E-state index in [-0.39, 0.29) is 31.3 Å². The fraction of sp³-hybridized carbons (Fsp3) is 0.364. The Morgan fingerprint density at radius 1 is 1.44 bits per heavy atom. The minimum absolute atomic E-state index is 0. The molecule has 7 heteroatoms. The molecule has 0 aromatic carbocycles. The normalized spacial score (nSPS) is 9.17. The van der Waals surface area contributed by atoms with Gasteiger partial charge in [0.05, 0.1) is 24.9 Å². The topological polar surface area (TPSA) is 94.3 Å². The maximum atomic E-state index is 11.4. The summed E-state index contributed by atoms with van der Waals surface area (Å²) >= 11 is 0. The molecule has 0 bridgehead atoms. The number of nitrogens with zero attached hydrogens (tertiary/aromatic N) is 1. The summed E-state index contributed by atoms with van der Waals surface area (Å²) in [6.07, 6.45) is 1.59. The van der Waals surface area contributed by atoms with E-state index in [1.807, 2.05) is 0 Å². The van der Waals surface area contributed by atoms with Crippen molar-refractivity contribution in [3.63, 3.8) is 0 Å². The van der Waals surface area contributed by atoms with Gasteiger partial charge in [-0.15, -0.1) is 12.4 Å². The van der Waals surface area contributed by atoms with Gasteiger partial charge >= 0.3 is 5.97 Å². The van der Waals surface area contributed by atoms with E-state index in [1.54, 1.807) is 19.1 Å². The Bertz CT molecular complexity index is 395. The van der Waals surface area contributed by atoms with E-state index >= 15 is 0 Å². The van der Waals surface area contributed by atoms with Crippen molar-refractivity contribution in [1.29, 1.82) is 0 Å². The first kappa shape index (κ1) is 16.2. The Kier molecular flexibility index (Phi) is 7.46. The van der Waals surface area contributed by atoms with Crippen LogP contribution in [0.25, 0.3) is 0 Å². The van der Waals surface area contributed by atoms with Crippen molar-refractivity contribution in [3.8, 4) is 0 Å². The third kappa shape index (κ3) is 6.05. The molecule has 1 aromatic heterocycles. The van der Waals surface area contributed by atoms with Gasteiger partial charge in [0, 0.05) is 5.69 Å². The number of anilines is 1. The molecule has 0 radical (unpaired) electrons. The van der Waals surface area contributed by atoms with Crippen LogP contribution in [-0.4, -0.2) is 30.0 Å². The summed E-state index contributed by atoms with van der Waals surface area (Å²) in [4.78, 5) is 26.4. The number of nitrogens with two attached hydrogens (primary N) is 1. The molecule has 0 aliphatic rings. The number of rotatable bonds is 5. The number of halogens is 1. The van der Waals surface area contributed by atoms with Gasteiger partial charge in [0.1, 0.15) is 6.54 Å². The third-order valence-electron chi connectivity index (χ3n) is 1.92. The summed E-state index contributed by atoms with van der Waals surface area (Å²) in [5.41, 5.74) is 6.61. The number of pyridine rings is 1. The van der Waals surface area contributed by atoms with Gasteiger partial charge in [-0.25, -0.2) is 0 Å². The highest BCUT2D eigenvalue weighted by atomic mass is 35.5. The van der Waals surface area contributed by atoms with Crippen LogP contribution in [0.4, 0.5) is 5.69 Å². The Balaban J connectivity index is 0.00000289. The molecule has 0 saturated heterocycles. The Hall–Kier alpha value is -1.82. The highest BCUT2D eigenvalue weighted by molar-refractivity contribution is 5.85. The molecular formula is C11H16ClN3O3. The fourth-order valence-corrected chi connectivity index (χ4v) is 1.15. The molecule has 0 unspecified atom stereocenters. The molecule has 18 heavy (non-hydrogen) atoms. The number of aromatic nitrogens is 1. The van der Waals surface area contributed by atoms with E-state index in [9.17, 15) is 9.59 Å². The maximum absolute atomic E-state index is 11.4. The number of nitrogens with one attached hydrogen (secondary N) is 1. The number of hydrogen-bond donors (Lipinski definition) is 2. The molecule has 1 aromatic rings. The lowest BCUT2D eigenvalue weighted by molar-refractivity contribution is -0.143. The van der Waals surface area contributed by atoms with Crippen molar-refractivity contribution < 1.29 is 14.3 Å². The Labute approximate surface area is 111 Å². The molecule has 1 amide bonds. The predicted octanol–water partition coefficient (Wildman–Crippen LogP) is 0.307. The standard InChI is InChI=1S/C11H15N3O3.ClH/c1-2-17-11(16)7-14-10(15)5-9-4-3-8(12)6-13-9;/h3-4,6H,2,5,7,12H2,1H3,(H,14,15);1H. The zero-order chi connectivity index (χ0) is 12.7. The molecule has 0 aliphatic carbocycles. The van der Waals surface area contributed by atoms with E-state index in [1.165, 1.54) is 6.20 Å². The zero-order valence-corrected chi connectivity index (χ0v) is 10.8. The summed E-state index contributed by atoms with van der Waals surface area (Å²) < 4.78 is 4.67. The van der Waals surface area contributed by atoms with Crippen molar-refractivity contribution in [2.75, 3.05) is 18.9 Å². The van der Waals surface area contributed by atoms with Crippen LogP contribution in [0, 0.1) is 0 Å². The predicted molar refractivity (Wildman–Crippen MR) is 69.2 cm³/mol. The summed E-state index contributed by atoms with van der Waals surface area (Å²) in [6, 6.07) is 3.33. The second kappa shape index (κ2) is 8.30. The summed E-state index contributed by atoms with van der Waals surface area (Å²) in [6.45, 7) is 1.88. The quantitative estimate of drug-likeness (QED) is 0.753. The summed E-state index contributed by atoms with van der Waals surface area (Å²) in [5, 5.41) is 2.45. The summed E-state index contributed by atoms with van der Waals surface area (Å²) in [5.74, 6) is -0.735. The molecule has 100 valence electrons. The Morgan fingerprint density at radius 2 is 2.17 bits per heavy atom. The highest BCUT2D eigenvalue weighted by Crippen LogP contribution is 2.01. The molecule has 3 N–H and O–H groups in total. The van der Waals surface area contributed by atoms with Gasteiger partial charge in [0.25, 0.3) is 0 Å². The number of ether oxygens (including phenoxy) is 1. The first-order valence-corrected chi connectivity index (χ1v) is 5.24. The average Bonchev–Trinajstić information content (AvgIpc) is 2.30. The van der Waals surface area contributed by atoms with Gasteiger partial charge in [-0.1, -0.05) is 0 Å². The number of amides is 1. The lowest BCUT2D eigenvalue weighted by atomic mass is 10.2. The second-order valence-corrected chi connectivity index (χ2v) is 3.34. The SMILES string of the molecule is CCOC(=O)CNC(=O)Cc1ccc(N)cn1.Cl. The van der Waals surface area contributed by atoms with Crippen LogP contribution in [0.3, 0.4) is 0 Å². The Morgan fingerprint density at radius 3 is 2.72 bits per heavy atom. The molecule has 0 saturated carbocycles. The second-order valence-electron chi connectivity index (χ2n) is 3.34. The van der Waals surface area contributed by atoms with Crippen LogP contribution in [0.15, 0.2) is 18.3 Å². The number of carbonyl (C=O) groups excluding carboxylic acids is 2. The first-order chi connectivity index (χ1) is 8.11. The summed E-state index contributed by atoms with van der Waals surface area (Å²) in [7, 11) is 0. The van der Waals surface area contributed by atoms with E-state index in [4.69, 9.17) is 5.73 Å². The van der Waals surface area contributed by atoms with E-state index < -0.39 is 5.97 Å². The largest absolute Gasteiger partial charge is 0.465 e. The number of nitrogen functional groups attached to an aromatic ring is 1. The molecule has 0 atom stereocenters. The van der Waals surface area contributed by atoms with E-state index in [2.05, 4.69) is 15.0 Å². The van der Waals surface area contributed by atoms with Gasteiger partial charge in [-0.3, -0.25) is 14.6 Å². The van der Waals surface area contributed by atoms with Crippen molar-refractivity contribution in [1.82, 2.24) is 10.3 Å². The van der Waals surface area contributed by atoms with Crippen LogP contribution in [0.2, 0.25) is 0 Å². The number of esters is 1. The van der Waals surface area contributed by atoms with Gasteiger partial charge in [0.2, 0.25) is 5.91 Å². The minimum atomic E-state index is -0.453. The molecule has 0 spiro atoms. The van der Waals surface area contributed by atoms with E-state index in [0.29, 0.717) is 18.0 Å². The van der Waals surface area contributed by atoms with Crippen LogP contribution < -0.4 is 11.1 Å². The van der Waals surface area contributed by atoms with Gasteiger partial charge in [-0.2, -0.15) is 0 Å². The van der Waals surface area contributed by atoms with Crippen molar-refractivity contribution in [2.24, 2.45) is 0 Å². The van der Waals surface area contributed by atoms with E-state index in [0.717, 1.165) is 0 Å². The third-order valence-corrected chi connectivity index (χ3v) is 1.92. The lowest BCUT2D eigenvalue weighted by Gasteiger charge is -2.04. The van der Waals surface area contributed by atoms with Gasteiger partial charge in [0.15, 0.2) is 0 Å². The number of carbonyl (C=O) groups is 2. The van der Waals surface area contributed by atoms with Crippen molar-refractivity contribution in [3.05, 3.63) is 24.0 Å².